The van der Waals surface area contributed by atoms with Crippen LogP contribution in [0.5, 0.6) is 0 Å². The molecule has 0 fully saturated rings. The number of hydrogen-bond donors (Lipinski definition) is 2. The molecule has 0 saturated carbocycles. The van der Waals surface area contributed by atoms with E-state index < -0.39 is 16.1 Å². The van der Waals surface area contributed by atoms with E-state index in [9.17, 15) is 13.5 Å². The molecule has 1 atom stereocenters. The number of sulfonamides is 1. The number of aliphatic hydroxyl groups is 1. The topological polar surface area (TPSA) is 90.2 Å². The first-order valence-corrected chi connectivity index (χ1v) is 10.2. The maximum Gasteiger partial charge on any atom is 0.240 e. The summed E-state index contributed by atoms with van der Waals surface area (Å²) in [6.07, 6.45) is -0.958. The number of nitriles is 1. The Labute approximate surface area is 156 Å². The smallest absolute Gasteiger partial charge is 0.240 e. The van der Waals surface area contributed by atoms with Crippen molar-refractivity contribution in [3.05, 3.63) is 77.2 Å². The molecule has 1 aromatic heterocycles. The largest absolute Gasteiger partial charge is 0.387 e. The maximum absolute atomic E-state index is 12.3. The molecule has 5 nitrogen and oxygen atoms in total. The lowest BCUT2D eigenvalue weighted by Crippen LogP contribution is -2.28. The summed E-state index contributed by atoms with van der Waals surface area (Å²) in [5.41, 5.74) is 2.07. The van der Waals surface area contributed by atoms with E-state index in [4.69, 9.17) is 5.26 Å². The molecule has 2 N–H and O–H groups in total. The second kappa shape index (κ2) is 7.81. The molecule has 1 heterocycles. The van der Waals surface area contributed by atoms with Gasteiger partial charge in [0.25, 0.3) is 0 Å². The molecule has 0 aliphatic rings. The maximum atomic E-state index is 12.3. The molecule has 1 unspecified atom stereocenters. The Hall–Kier alpha value is -2.50. The Bertz CT molecular complexity index is 1000. The Balaban J connectivity index is 1.65. The van der Waals surface area contributed by atoms with Crippen LogP contribution in [-0.4, -0.2) is 20.1 Å². The monoisotopic (exact) mass is 384 g/mol. The second-order valence-electron chi connectivity index (χ2n) is 5.60. The highest BCUT2D eigenvalue weighted by Crippen LogP contribution is 2.26. The van der Waals surface area contributed by atoms with E-state index in [0.29, 0.717) is 11.1 Å². The van der Waals surface area contributed by atoms with E-state index in [0.717, 1.165) is 10.4 Å². The van der Waals surface area contributed by atoms with Gasteiger partial charge in [-0.2, -0.15) is 5.26 Å². The SMILES string of the molecule is N#Cc1ccc(S(=O)(=O)NCC(O)c2ccc(-c3cccs3)cc2)cc1. The molecule has 3 rings (SSSR count). The normalized spacial score (nSPS) is 12.5. The van der Waals surface area contributed by atoms with Gasteiger partial charge in [-0.3, -0.25) is 0 Å². The summed E-state index contributed by atoms with van der Waals surface area (Å²) in [5, 5.41) is 21.0. The molecular weight excluding hydrogens is 368 g/mol. The summed E-state index contributed by atoms with van der Waals surface area (Å²) in [7, 11) is -3.75. The van der Waals surface area contributed by atoms with Crippen molar-refractivity contribution in [1.29, 1.82) is 5.26 Å². The molecular formula is C19H16N2O3S2. The van der Waals surface area contributed by atoms with Crippen molar-refractivity contribution in [3.63, 3.8) is 0 Å². The van der Waals surface area contributed by atoms with Gasteiger partial charge < -0.3 is 5.11 Å². The zero-order valence-corrected chi connectivity index (χ0v) is 15.3. The number of aliphatic hydroxyl groups excluding tert-OH is 1. The van der Waals surface area contributed by atoms with E-state index in [-0.39, 0.29) is 11.4 Å². The Morgan fingerprint density at radius 1 is 1.08 bits per heavy atom. The first-order valence-electron chi connectivity index (χ1n) is 7.81. The van der Waals surface area contributed by atoms with Gasteiger partial charge in [0.15, 0.2) is 0 Å². The summed E-state index contributed by atoms with van der Waals surface area (Å²) >= 11 is 1.63. The lowest BCUT2D eigenvalue weighted by molar-refractivity contribution is 0.182. The van der Waals surface area contributed by atoms with Crippen molar-refractivity contribution < 1.29 is 13.5 Å². The van der Waals surface area contributed by atoms with Gasteiger partial charge in [0, 0.05) is 11.4 Å². The van der Waals surface area contributed by atoms with Crippen molar-refractivity contribution >= 4 is 21.4 Å². The van der Waals surface area contributed by atoms with Gasteiger partial charge in [-0.25, -0.2) is 13.1 Å². The third-order valence-corrected chi connectivity index (χ3v) is 6.22. The van der Waals surface area contributed by atoms with Gasteiger partial charge in [0.2, 0.25) is 10.0 Å². The molecule has 3 aromatic rings. The first-order chi connectivity index (χ1) is 12.5. The van der Waals surface area contributed by atoms with Crippen molar-refractivity contribution in [2.24, 2.45) is 0 Å². The molecule has 0 aliphatic heterocycles. The first kappa shape index (κ1) is 18.3. The van der Waals surface area contributed by atoms with Crippen LogP contribution in [0.15, 0.2) is 70.9 Å². The summed E-state index contributed by atoms with van der Waals surface area (Å²) < 4.78 is 26.9. The fraction of sp³-hybridized carbons (Fsp3) is 0.105. The van der Waals surface area contributed by atoms with Crippen molar-refractivity contribution in [2.45, 2.75) is 11.0 Å². The molecule has 26 heavy (non-hydrogen) atoms. The van der Waals surface area contributed by atoms with Gasteiger partial charge in [-0.05, 0) is 46.8 Å². The molecule has 0 aliphatic carbocycles. The molecule has 0 spiro atoms. The van der Waals surface area contributed by atoms with Crippen LogP contribution < -0.4 is 4.72 Å². The summed E-state index contributed by atoms with van der Waals surface area (Å²) in [5.74, 6) is 0. The number of hydrogen-bond acceptors (Lipinski definition) is 5. The van der Waals surface area contributed by atoms with Crippen LogP contribution in [0.1, 0.15) is 17.2 Å². The molecule has 2 aromatic carbocycles. The van der Waals surface area contributed by atoms with Crippen molar-refractivity contribution in [2.75, 3.05) is 6.54 Å². The number of rotatable bonds is 6. The average Bonchev–Trinajstić information content (AvgIpc) is 3.21. The third-order valence-electron chi connectivity index (χ3n) is 3.86. The molecule has 132 valence electrons. The lowest BCUT2D eigenvalue weighted by atomic mass is 10.1. The number of nitrogens with zero attached hydrogens (tertiary/aromatic N) is 1. The molecule has 0 saturated heterocycles. The van der Waals surface area contributed by atoms with E-state index in [1.54, 1.807) is 23.5 Å². The van der Waals surface area contributed by atoms with Crippen LogP contribution >= 0.6 is 11.3 Å². The zero-order valence-electron chi connectivity index (χ0n) is 13.7. The highest BCUT2D eigenvalue weighted by atomic mass is 32.2. The highest BCUT2D eigenvalue weighted by molar-refractivity contribution is 7.89. The van der Waals surface area contributed by atoms with E-state index >= 15 is 0 Å². The minimum Gasteiger partial charge on any atom is -0.387 e. The van der Waals surface area contributed by atoms with Gasteiger partial charge in [-0.15, -0.1) is 11.3 Å². The minimum absolute atomic E-state index is 0.0525. The number of benzene rings is 2. The Morgan fingerprint density at radius 3 is 2.35 bits per heavy atom. The van der Waals surface area contributed by atoms with Crippen LogP contribution in [0.3, 0.4) is 0 Å². The second-order valence-corrected chi connectivity index (χ2v) is 8.32. The molecule has 7 heteroatoms. The zero-order chi connectivity index (χ0) is 18.6. The van der Waals surface area contributed by atoms with Crippen LogP contribution in [-0.2, 0) is 10.0 Å². The Kier molecular flexibility index (Phi) is 5.49. The third kappa shape index (κ3) is 4.18. The van der Waals surface area contributed by atoms with E-state index in [1.807, 2.05) is 35.7 Å². The fourth-order valence-corrected chi connectivity index (χ4v) is 4.18. The quantitative estimate of drug-likeness (QED) is 0.682. The van der Waals surface area contributed by atoms with Crippen molar-refractivity contribution in [3.8, 4) is 16.5 Å². The molecule has 0 radical (unpaired) electrons. The number of nitrogens with one attached hydrogen (secondary N) is 1. The van der Waals surface area contributed by atoms with E-state index in [1.165, 1.54) is 24.3 Å². The fourth-order valence-electron chi connectivity index (χ4n) is 2.41. The molecule has 0 amide bonds. The standard InChI is InChI=1S/C19H16N2O3S2/c20-12-14-3-9-17(10-4-14)26(23,24)21-13-18(22)15-5-7-16(8-6-15)19-2-1-11-25-19/h1-11,18,21-22H,13H2. The predicted molar refractivity (Wildman–Crippen MR) is 101 cm³/mol. The van der Waals surface area contributed by atoms with E-state index in [2.05, 4.69) is 4.72 Å². The predicted octanol–water partition coefficient (Wildman–Crippen LogP) is 3.30. The minimum atomic E-state index is -3.75. The van der Waals surface area contributed by atoms with Gasteiger partial charge in [-0.1, -0.05) is 30.3 Å². The summed E-state index contributed by atoms with van der Waals surface area (Å²) in [6, 6.07) is 18.9. The lowest BCUT2D eigenvalue weighted by Gasteiger charge is -2.13. The summed E-state index contributed by atoms with van der Waals surface area (Å²) in [6.45, 7) is -0.138. The van der Waals surface area contributed by atoms with Gasteiger partial charge in [0.05, 0.1) is 22.6 Å². The average molecular weight is 384 g/mol. The van der Waals surface area contributed by atoms with Crippen LogP contribution in [0.2, 0.25) is 0 Å². The van der Waals surface area contributed by atoms with Gasteiger partial charge in [0.1, 0.15) is 0 Å². The van der Waals surface area contributed by atoms with Crippen LogP contribution in [0, 0.1) is 11.3 Å². The van der Waals surface area contributed by atoms with Crippen molar-refractivity contribution in [1.82, 2.24) is 4.72 Å². The number of thiophene rings is 1. The molecule has 0 bridgehead atoms. The summed E-state index contributed by atoms with van der Waals surface area (Å²) in [4.78, 5) is 1.18. The van der Waals surface area contributed by atoms with Crippen LogP contribution in [0.4, 0.5) is 0 Å². The van der Waals surface area contributed by atoms with Gasteiger partial charge >= 0.3 is 0 Å². The van der Waals surface area contributed by atoms with Crippen LogP contribution in [0.25, 0.3) is 10.4 Å². The highest BCUT2D eigenvalue weighted by Gasteiger charge is 2.17. The Morgan fingerprint density at radius 2 is 1.77 bits per heavy atom.